The fourth-order valence-electron chi connectivity index (χ4n) is 2.99. The molecule has 0 saturated carbocycles. The van der Waals surface area contributed by atoms with E-state index >= 15 is 0 Å². The quantitative estimate of drug-likeness (QED) is 0.775. The molecule has 0 saturated heterocycles. The molecule has 3 aromatic rings. The van der Waals surface area contributed by atoms with Crippen molar-refractivity contribution in [3.05, 3.63) is 60.3 Å². The number of nitrogens with zero attached hydrogens (tertiary/aromatic N) is 4. The topological polar surface area (TPSA) is 71.8 Å². The second kappa shape index (κ2) is 6.90. The predicted molar refractivity (Wildman–Crippen MR) is 92.0 cm³/mol. The Morgan fingerprint density at radius 1 is 1.28 bits per heavy atom. The summed E-state index contributed by atoms with van der Waals surface area (Å²) in [6.45, 7) is 2.81. The molecule has 0 spiro atoms. The molecule has 7 nitrogen and oxygen atoms in total. The van der Waals surface area contributed by atoms with Crippen LogP contribution in [0.4, 0.5) is 0 Å². The maximum Gasteiger partial charge on any atom is 0.234 e. The minimum atomic E-state index is -0.0108. The summed E-state index contributed by atoms with van der Waals surface area (Å²) >= 11 is 0. The molecular weight excluding hydrogens is 318 g/mol. The second-order valence-corrected chi connectivity index (χ2v) is 6.00. The van der Waals surface area contributed by atoms with Crippen LogP contribution in [0.1, 0.15) is 11.3 Å². The van der Waals surface area contributed by atoms with Crippen molar-refractivity contribution in [1.29, 1.82) is 0 Å². The first-order chi connectivity index (χ1) is 12.3. The van der Waals surface area contributed by atoms with E-state index in [2.05, 4.69) is 20.2 Å². The zero-order valence-electron chi connectivity index (χ0n) is 13.8. The van der Waals surface area contributed by atoms with Gasteiger partial charge in [0.2, 0.25) is 5.91 Å². The van der Waals surface area contributed by atoms with Crippen LogP contribution in [0.5, 0.6) is 5.75 Å². The molecule has 0 radical (unpaired) electrons. The first kappa shape index (κ1) is 15.6. The van der Waals surface area contributed by atoms with Gasteiger partial charge in [0.25, 0.3) is 0 Å². The Labute approximate surface area is 145 Å². The van der Waals surface area contributed by atoms with Gasteiger partial charge < -0.3 is 10.1 Å². The zero-order valence-corrected chi connectivity index (χ0v) is 13.8. The maximum atomic E-state index is 12.3. The number of hydrogen-bond acceptors (Lipinski definition) is 5. The molecular formula is C18H19N5O2. The molecule has 1 aliphatic heterocycles. The summed E-state index contributed by atoms with van der Waals surface area (Å²) in [5, 5.41) is 2.97. The van der Waals surface area contributed by atoms with Gasteiger partial charge in [-0.15, -0.1) is 0 Å². The lowest BCUT2D eigenvalue weighted by Gasteiger charge is -2.18. The van der Waals surface area contributed by atoms with Crippen molar-refractivity contribution in [1.82, 2.24) is 24.6 Å². The van der Waals surface area contributed by atoms with Crippen molar-refractivity contribution in [2.24, 2.45) is 0 Å². The summed E-state index contributed by atoms with van der Waals surface area (Å²) in [7, 11) is 0. The summed E-state index contributed by atoms with van der Waals surface area (Å²) in [6.07, 6.45) is 6.99. The highest BCUT2D eigenvalue weighted by Crippen LogP contribution is 2.22. The number of nitrogens with one attached hydrogen (secondary N) is 1. The van der Waals surface area contributed by atoms with E-state index in [1.54, 1.807) is 18.6 Å². The Bertz CT molecular complexity index is 892. The molecule has 1 N–H and O–H groups in total. The van der Waals surface area contributed by atoms with Crippen LogP contribution in [0.2, 0.25) is 0 Å². The van der Waals surface area contributed by atoms with Gasteiger partial charge in [0.05, 0.1) is 31.2 Å². The van der Waals surface area contributed by atoms with Crippen LogP contribution < -0.4 is 10.1 Å². The molecule has 4 rings (SSSR count). The largest absolute Gasteiger partial charge is 0.492 e. The third kappa shape index (κ3) is 3.46. The molecule has 25 heavy (non-hydrogen) atoms. The van der Waals surface area contributed by atoms with Crippen molar-refractivity contribution >= 4 is 11.6 Å². The molecule has 3 heterocycles. The molecule has 7 heteroatoms. The summed E-state index contributed by atoms with van der Waals surface area (Å²) in [5.41, 5.74) is 2.81. The average molecular weight is 337 g/mol. The highest BCUT2D eigenvalue weighted by atomic mass is 16.5. The third-order valence-electron chi connectivity index (χ3n) is 4.26. The first-order valence-corrected chi connectivity index (χ1v) is 8.25. The number of imidazole rings is 1. The smallest absolute Gasteiger partial charge is 0.234 e. The Morgan fingerprint density at radius 2 is 2.20 bits per heavy atom. The van der Waals surface area contributed by atoms with Gasteiger partial charge in [0, 0.05) is 31.0 Å². The van der Waals surface area contributed by atoms with E-state index in [0.717, 1.165) is 29.2 Å². The lowest BCUT2D eigenvalue weighted by atomic mass is 10.2. The SMILES string of the molecule is O=C(CN1CCOc2ccccc2C1)NCc1cnc2cnccn12. The molecule has 0 aliphatic carbocycles. The fourth-order valence-corrected chi connectivity index (χ4v) is 2.99. The standard InChI is InChI=1S/C18H19N5O2/c24-18(21-10-15-9-20-17-11-19-5-6-23(15)17)13-22-7-8-25-16-4-2-1-3-14(16)12-22/h1-6,9,11H,7-8,10,12-13H2,(H,21,24). The number of para-hydroxylation sites is 1. The van der Waals surface area contributed by atoms with Crippen molar-refractivity contribution in [3.63, 3.8) is 0 Å². The van der Waals surface area contributed by atoms with E-state index < -0.39 is 0 Å². The van der Waals surface area contributed by atoms with Crippen molar-refractivity contribution in [3.8, 4) is 5.75 Å². The number of benzene rings is 1. The number of amides is 1. The Hall–Kier alpha value is -2.93. The maximum absolute atomic E-state index is 12.3. The van der Waals surface area contributed by atoms with Gasteiger partial charge in [0.15, 0.2) is 5.65 Å². The van der Waals surface area contributed by atoms with Gasteiger partial charge in [-0.25, -0.2) is 4.98 Å². The zero-order chi connectivity index (χ0) is 17.1. The monoisotopic (exact) mass is 337 g/mol. The van der Waals surface area contributed by atoms with Gasteiger partial charge >= 0.3 is 0 Å². The molecule has 1 amide bonds. The van der Waals surface area contributed by atoms with Gasteiger partial charge in [-0.2, -0.15) is 0 Å². The lowest BCUT2D eigenvalue weighted by molar-refractivity contribution is -0.122. The summed E-state index contributed by atoms with van der Waals surface area (Å²) in [4.78, 5) is 22.7. The van der Waals surface area contributed by atoms with E-state index in [4.69, 9.17) is 4.74 Å². The number of carbonyl (C=O) groups excluding carboxylic acids is 1. The summed E-state index contributed by atoms with van der Waals surface area (Å²) in [6, 6.07) is 7.97. The van der Waals surface area contributed by atoms with Crippen LogP contribution in [0.3, 0.4) is 0 Å². The number of hydrogen-bond donors (Lipinski definition) is 1. The Balaban J connectivity index is 1.36. The van der Waals surface area contributed by atoms with Gasteiger partial charge in [-0.1, -0.05) is 18.2 Å². The van der Waals surface area contributed by atoms with E-state index in [1.165, 1.54) is 0 Å². The molecule has 0 fully saturated rings. The highest BCUT2D eigenvalue weighted by Gasteiger charge is 2.17. The minimum absolute atomic E-state index is 0.0108. The Kier molecular flexibility index (Phi) is 4.30. The van der Waals surface area contributed by atoms with Crippen LogP contribution in [0, 0.1) is 0 Å². The van der Waals surface area contributed by atoms with Crippen LogP contribution in [-0.4, -0.2) is 44.9 Å². The van der Waals surface area contributed by atoms with Crippen LogP contribution in [-0.2, 0) is 17.9 Å². The van der Waals surface area contributed by atoms with Gasteiger partial charge in [-0.05, 0) is 6.07 Å². The molecule has 1 aliphatic rings. The van der Waals surface area contributed by atoms with Gasteiger partial charge in [0.1, 0.15) is 12.4 Å². The van der Waals surface area contributed by atoms with Gasteiger partial charge in [-0.3, -0.25) is 19.1 Å². The molecule has 128 valence electrons. The number of rotatable bonds is 4. The third-order valence-corrected chi connectivity index (χ3v) is 4.26. The number of aromatic nitrogens is 3. The van der Waals surface area contributed by atoms with Crippen molar-refractivity contribution < 1.29 is 9.53 Å². The number of ether oxygens (including phenoxy) is 1. The molecule has 1 aromatic carbocycles. The normalized spacial score (nSPS) is 14.6. The minimum Gasteiger partial charge on any atom is -0.492 e. The molecule has 0 atom stereocenters. The molecule has 0 bridgehead atoms. The average Bonchev–Trinajstić information content (AvgIpc) is 2.93. The molecule has 2 aromatic heterocycles. The fraction of sp³-hybridized carbons (Fsp3) is 0.278. The number of carbonyl (C=O) groups is 1. The van der Waals surface area contributed by atoms with E-state index in [0.29, 0.717) is 26.2 Å². The lowest BCUT2D eigenvalue weighted by Crippen LogP contribution is -2.37. The number of fused-ring (bicyclic) bond motifs is 2. The predicted octanol–water partition coefficient (Wildman–Crippen LogP) is 1.24. The van der Waals surface area contributed by atoms with Crippen molar-refractivity contribution in [2.75, 3.05) is 19.7 Å². The summed E-state index contributed by atoms with van der Waals surface area (Å²) < 4.78 is 7.66. The van der Waals surface area contributed by atoms with Crippen LogP contribution >= 0.6 is 0 Å². The highest BCUT2D eigenvalue weighted by molar-refractivity contribution is 5.78. The van der Waals surface area contributed by atoms with Crippen LogP contribution in [0.15, 0.2) is 49.1 Å². The van der Waals surface area contributed by atoms with E-state index in [-0.39, 0.29) is 5.91 Å². The van der Waals surface area contributed by atoms with E-state index in [9.17, 15) is 4.79 Å². The molecule has 0 unspecified atom stereocenters. The Morgan fingerprint density at radius 3 is 3.16 bits per heavy atom. The van der Waals surface area contributed by atoms with Crippen LogP contribution in [0.25, 0.3) is 5.65 Å². The van der Waals surface area contributed by atoms with E-state index in [1.807, 2.05) is 34.9 Å². The second-order valence-electron chi connectivity index (χ2n) is 6.00. The van der Waals surface area contributed by atoms with Crippen molar-refractivity contribution in [2.45, 2.75) is 13.1 Å². The summed E-state index contributed by atoms with van der Waals surface area (Å²) in [5.74, 6) is 0.896. The first-order valence-electron chi connectivity index (χ1n) is 8.25.